The largest absolute Gasteiger partial charge is 0.480 e. The first kappa shape index (κ1) is 16.9. The summed E-state index contributed by atoms with van der Waals surface area (Å²) in [6, 6.07) is 0. The molecule has 1 saturated heterocycles. The molecule has 0 aromatic carbocycles. The Morgan fingerprint density at radius 2 is 2.00 bits per heavy atom. The highest BCUT2D eigenvalue weighted by atomic mass is 79.9. The predicted octanol–water partition coefficient (Wildman–Crippen LogP) is 2.42. The third kappa shape index (κ3) is 3.46. The molecule has 1 aromatic rings. The van der Waals surface area contributed by atoms with Crippen LogP contribution in [-0.4, -0.2) is 40.3 Å². The number of aromatic nitrogens is 2. The molecule has 2 aliphatic rings. The number of aliphatic carboxylic acids is 1. The monoisotopic (exact) mass is 385 g/mol. The van der Waals surface area contributed by atoms with Crippen molar-refractivity contribution in [1.29, 1.82) is 0 Å². The molecule has 128 valence electrons. The highest BCUT2D eigenvalue weighted by molar-refractivity contribution is 9.10. The second-order valence-electron chi connectivity index (χ2n) is 6.92. The van der Waals surface area contributed by atoms with Gasteiger partial charge in [-0.25, -0.2) is 9.78 Å². The number of aryl methyl sites for hydroxylation is 1. The zero-order chi connectivity index (χ0) is 16.5. The smallest absolute Gasteiger partial charge is 0.329 e. The molecule has 1 aliphatic heterocycles. The van der Waals surface area contributed by atoms with Gasteiger partial charge in [-0.2, -0.15) is 0 Å². The fourth-order valence-corrected chi connectivity index (χ4v) is 4.60. The number of carboxylic acids is 1. The molecule has 0 amide bonds. The van der Waals surface area contributed by atoms with Gasteiger partial charge in [0.05, 0.1) is 0 Å². The average Bonchev–Trinajstić information content (AvgIpc) is 2.87. The van der Waals surface area contributed by atoms with E-state index in [1.165, 1.54) is 12.8 Å². The quantitative estimate of drug-likeness (QED) is 0.831. The van der Waals surface area contributed by atoms with E-state index in [2.05, 4.69) is 26.2 Å². The third-order valence-electron chi connectivity index (χ3n) is 5.51. The summed E-state index contributed by atoms with van der Waals surface area (Å²) in [7, 11) is 1.94. The van der Waals surface area contributed by atoms with Crippen LogP contribution in [0.25, 0.3) is 0 Å². The summed E-state index contributed by atoms with van der Waals surface area (Å²) in [5, 5.41) is 12.5. The van der Waals surface area contributed by atoms with Crippen molar-refractivity contribution in [3.8, 4) is 0 Å². The minimum absolute atomic E-state index is 0.279. The van der Waals surface area contributed by atoms with Crippen molar-refractivity contribution in [3.63, 3.8) is 0 Å². The van der Waals surface area contributed by atoms with Gasteiger partial charge >= 0.3 is 5.97 Å². The molecule has 2 fully saturated rings. The number of carboxylic acid groups (broad SMARTS) is 1. The van der Waals surface area contributed by atoms with E-state index in [4.69, 9.17) is 9.84 Å². The standard InChI is InChI=1S/C16H24BrN3O3/c1-20-10-12(17)19-14(20)16(23-11-13(21)22)4-2-15(3-5-16)6-8-18-9-7-15/h10,18H,2-9,11H2,1H3,(H,21,22). The minimum atomic E-state index is -0.931. The number of imidazole rings is 1. The third-order valence-corrected chi connectivity index (χ3v) is 5.89. The summed E-state index contributed by atoms with van der Waals surface area (Å²) < 4.78 is 8.64. The Morgan fingerprint density at radius 3 is 2.52 bits per heavy atom. The molecule has 1 spiro atoms. The van der Waals surface area contributed by atoms with Crippen LogP contribution in [0.3, 0.4) is 0 Å². The number of carbonyl (C=O) groups is 1. The van der Waals surface area contributed by atoms with Gasteiger partial charge in [-0.15, -0.1) is 0 Å². The second-order valence-corrected chi connectivity index (χ2v) is 7.74. The van der Waals surface area contributed by atoms with Crippen LogP contribution < -0.4 is 5.32 Å². The lowest BCUT2D eigenvalue weighted by Gasteiger charge is -2.47. The van der Waals surface area contributed by atoms with Crippen molar-refractivity contribution in [1.82, 2.24) is 14.9 Å². The van der Waals surface area contributed by atoms with E-state index < -0.39 is 11.6 Å². The van der Waals surface area contributed by atoms with Crippen LogP contribution in [-0.2, 0) is 22.2 Å². The molecule has 0 radical (unpaired) electrons. The first-order valence-corrected chi connectivity index (χ1v) is 9.00. The van der Waals surface area contributed by atoms with Gasteiger partial charge in [0.2, 0.25) is 0 Å². The van der Waals surface area contributed by atoms with Crippen LogP contribution >= 0.6 is 15.9 Å². The Kier molecular flexibility index (Phi) is 4.80. The second kappa shape index (κ2) is 6.53. The zero-order valence-electron chi connectivity index (χ0n) is 13.5. The fraction of sp³-hybridized carbons (Fsp3) is 0.750. The molecular formula is C16H24BrN3O3. The molecule has 2 heterocycles. The fourth-order valence-electron chi connectivity index (χ4n) is 4.13. The van der Waals surface area contributed by atoms with Gasteiger partial charge in [-0.1, -0.05) is 0 Å². The normalized spacial score (nSPS) is 23.0. The predicted molar refractivity (Wildman–Crippen MR) is 89.2 cm³/mol. The molecule has 2 N–H and O–H groups in total. The summed E-state index contributed by atoms with van der Waals surface area (Å²) >= 11 is 3.41. The summed E-state index contributed by atoms with van der Waals surface area (Å²) in [6.07, 6.45) is 8.10. The molecule has 7 heteroatoms. The van der Waals surface area contributed by atoms with Crippen LogP contribution in [0.15, 0.2) is 10.8 Å². The molecule has 23 heavy (non-hydrogen) atoms. The van der Waals surface area contributed by atoms with Gasteiger partial charge in [0, 0.05) is 13.2 Å². The number of nitrogens with zero attached hydrogens (tertiary/aromatic N) is 2. The van der Waals surface area contributed by atoms with Crippen LogP contribution in [0, 0.1) is 5.41 Å². The number of hydrogen-bond acceptors (Lipinski definition) is 4. The SMILES string of the molecule is Cn1cc(Br)nc1C1(OCC(=O)O)CCC2(CCNCC2)CC1. The van der Waals surface area contributed by atoms with Crippen molar-refractivity contribution < 1.29 is 14.6 Å². The van der Waals surface area contributed by atoms with Crippen molar-refractivity contribution in [2.24, 2.45) is 12.5 Å². The molecule has 6 nitrogen and oxygen atoms in total. The Hall–Kier alpha value is -0.920. The van der Waals surface area contributed by atoms with Gasteiger partial charge in [-0.05, 0) is 73.0 Å². The maximum atomic E-state index is 11.0. The number of ether oxygens (including phenoxy) is 1. The molecule has 1 aromatic heterocycles. The van der Waals surface area contributed by atoms with E-state index in [1.807, 2.05) is 17.8 Å². The highest BCUT2D eigenvalue weighted by Gasteiger charge is 2.47. The molecule has 0 atom stereocenters. The molecular weight excluding hydrogens is 362 g/mol. The van der Waals surface area contributed by atoms with E-state index in [-0.39, 0.29) is 6.61 Å². The molecule has 3 rings (SSSR count). The van der Waals surface area contributed by atoms with Crippen molar-refractivity contribution in [2.75, 3.05) is 19.7 Å². The minimum Gasteiger partial charge on any atom is -0.480 e. The molecule has 0 unspecified atom stereocenters. The van der Waals surface area contributed by atoms with Gasteiger partial charge in [0.25, 0.3) is 0 Å². The van der Waals surface area contributed by atoms with E-state index in [1.54, 1.807) is 0 Å². The van der Waals surface area contributed by atoms with Crippen molar-refractivity contribution in [3.05, 3.63) is 16.6 Å². The lowest BCUT2D eigenvalue weighted by Crippen LogP contribution is -2.45. The van der Waals surface area contributed by atoms with Crippen LogP contribution in [0.1, 0.15) is 44.3 Å². The number of rotatable bonds is 4. The number of halogens is 1. The Bertz CT molecular complexity index is 571. The number of nitrogens with one attached hydrogen (secondary N) is 1. The van der Waals surface area contributed by atoms with E-state index in [9.17, 15) is 4.79 Å². The molecule has 0 bridgehead atoms. The lowest BCUT2D eigenvalue weighted by atomic mass is 9.64. The van der Waals surface area contributed by atoms with Gasteiger partial charge in [0.15, 0.2) is 0 Å². The van der Waals surface area contributed by atoms with Gasteiger partial charge < -0.3 is 19.7 Å². The number of piperidine rings is 1. The first-order chi connectivity index (χ1) is 10.9. The summed E-state index contributed by atoms with van der Waals surface area (Å²) in [5.74, 6) is -0.103. The molecule has 1 aliphatic carbocycles. The zero-order valence-corrected chi connectivity index (χ0v) is 15.1. The number of hydrogen-bond donors (Lipinski definition) is 2. The van der Waals surface area contributed by atoms with Gasteiger partial charge in [-0.3, -0.25) is 0 Å². The van der Waals surface area contributed by atoms with Crippen molar-refractivity contribution >= 4 is 21.9 Å². The highest BCUT2D eigenvalue weighted by Crippen LogP contribution is 2.51. The Morgan fingerprint density at radius 1 is 1.35 bits per heavy atom. The Labute approximate surface area is 144 Å². The topological polar surface area (TPSA) is 76.4 Å². The van der Waals surface area contributed by atoms with Crippen LogP contribution in [0.4, 0.5) is 0 Å². The maximum absolute atomic E-state index is 11.0. The van der Waals surface area contributed by atoms with Crippen molar-refractivity contribution in [2.45, 2.75) is 44.1 Å². The summed E-state index contributed by atoms with van der Waals surface area (Å²) in [5.41, 5.74) is -0.195. The van der Waals surface area contributed by atoms with E-state index >= 15 is 0 Å². The lowest BCUT2D eigenvalue weighted by molar-refractivity contribution is -0.158. The first-order valence-electron chi connectivity index (χ1n) is 8.21. The maximum Gasteiger partial charge on any atom is 0.329 e. The van der Waals surface area contributed by atoms with E-state index in [0.29, 0.717) is 5.41 Å². The summed E-state index contributed by atoms with van der Waals surface area (Å²) in [4.78, 5) is 15.6. The van der Waals surface area contributed by atoms with Crippen LogP contribution in [0.5, 0.6) is 0 Å². The van der Waals surface area contributed by atoms with E-state index in [0.717, 1.165) is 49.2 Å². The average molecular weight is 386 g/mol. The molecule has 1 saturated carbocycles. The Balaban J connectivity index is 1.83. The van der Waals surface area contributed by atoms with Gasteiger partial charge in [0.1, 0.15) is 22.6 Å². The van der Waals surface area contributed by atoms with Crippen LogP contribution in [0.2, 0.25) is 0 Å². The summed E-state index contributed by atoms with van der Waals surface area (Å²) in [6.45, 7) is 1.88.